The van der Waals surface area contributed by atoms with Gasteiger partial charge in [0.1, 0.15) is 0 Å². The topological polar surface area (TPSA) is 78.1 Å². The molecule has 0 aromatic carbocycles. The number of hydrogen-bond donors (Lipinski definition) is 2. The molecule has 6 nitrogen and oxygen atoms in total. The summed E-state index contributed by atoms with van der Waals surface area (Å²) >= 11 is 0. The van der Waals surface area contributed by atoms with Crippen LogP contribution in [-0.2, 0) is 22.6 Å². The standard InChI is InChI=1S/C17H26N4O2/c1-16(2)8-13-12(9-18-20-13)10-21(11-16)15(23)5-7-17(3)6-4-14(22)19-17/h9H,4-8,10-11H2,1-3H3,(H,18,20)(H,19,22). The summed E-state index contributed by atoms with van der Waals surface area (Å²) in [5, 5.41) is 10.2. The lowest BCUT2D eigenvalue weighted by atomic mass is 9.87. The Bertz CT molecular complexity index is 622. The molecule has 1 atom stereocenters. The van der Waals surface area contributed by atoms with Crippen LogP contribution < -0.4 is 5.32 Å². The van der Waals surface area contributed by atoms with Crippen LogP contribution in [0.15, 0.2) is 6.20 Å². The van der Waals surface area contributed by atoms with Gasteiger partial charge in [0.05, 0.1) is 6.20 Å². The molecule has 1 aromatic rings. The first kappa shape index (κ1) is 16.0. The number of aromatic amines is 1. The summed E-state index contributed by atoms with van der Waals surface area (Å²) in [6, 6.07) is 0. The molecule has 0 bridgehead atoms. The Labute approximate surface area is 137 Å². The molecule has 1 fully saturated rings. The molecular formula is C17H26N4O2. The fourth-order valence-electron chi connectivity index (χ4n) is 3.70. The largest absolute Gasteiger partial charge is 0.351 e. The Morgan fingerprint density at radius 3 is 2.87 bits per heavy atom. The van der Waals surface area contributed by atoms with Crippen LogP contribution in [0.5, 0.6) is 0 Å². The van der Waals surface area contributed by atoms with Crippen LogP contribution in [0.4, 0.5) is 0 Å². The quantitative estimate of drug-likeness (QED) is 0.891. The van der Waals surface area contributed by atoms with E-state index in [9.17, 15) is 9.59 Å². The zero-order valence-electron chi connectivity index (χ0n) is 14.2. The van der Waals surface area contributed by atoms with E-state index in [1.807, 2.05) is 18.0 Å². The Morgan fingerprint density at radius 1 is 1.39 bits per heavy atom. The highest BCUT2D eigenvalue weighted by atomic mass is 16.2. The fraction of sp³-hybridized carbons (Fsp3) is 0.706. The maximum absolute atomic E-state index is 12.7. The van der Waals surface area contributed by atoms with Crippen LogP contribution in [0, 0.1) is 5.41 Å². The Kier molecular flexibility index (Phi) is 3.94. The second-order valence-corrected chi connectivity index (χ2v) is 8.07. The summed E-state index contributed by atoms with van der Waals surface area (Å²) in [5.41, 5.74) is 2.05. The first-order valence-electron chi connectivity index (χ1n) is 8.36. The average Bonchev–Trinajstić information content (AvgIpc) is 2.99. The smallest absolute Gasteiger partial charge is 0.222 e. The molecule has 1 unspecified atom stereocenters. The molecule has 1 aromatic heterocycles. The van der Waals surface area contributed by atoms with Gasteiger partial charge in [0.25, 0.3) is 0 Å². The van der Waals surface area contributed by atoms with Gasteiger partial charge >= 0.3 is 0 Å². The van der Waals surface area contributed by atoms with E-state index in [1.165, 1.54) is 0 Å². The van der Waals surface area contributed by atoms with E-state index in [1.54, 1.807) is 0 Å². The lowest BCUT2D eigenvalue weighted by Gasteiger charge is -2.31. The van der Waals surface area contributed by atoms with Crippen molar-refractivity contribution in [3.8, 4) is 0 Å². The SMILES string of the molecule is CC1(C)Cc2[nH]ncc2CN(C(=O)CCC2(C)CCC(=O)N2)C1. The minimum Gasteiger partial charge on any atom is -0.351 e. The number of nitrogens with one attached hydrogen (secondary N) is 2. The Balaban J connectivity index is 1.66. The van der Waals surface area contributed by atoms with E-state index in [-0.39, 0.29) is 22.8 Å². The third-order valence-corrected chi connectivity index (χ3v) is 5.03. The fourth-order valence-corrected chi connectivity index (χ4v) is 3.70. The van der Waals surface area contributed by atoms with Crippen molar-refractivity contribution in [3.63, 3.8) is 0 Å². The first-order valence-corrected chi connectivity index (χ1v) is 8.36. The minimum atomic E-state index is -0.227. The molecular weight excluding hydrogens is 292 g/mol. The maximum Gasteiger partial charge on any atom is 0.222 e. The zero-order valence-corrected chi connectivity index (χ0v) is 14.2. The van der Waals surface area contributed by atoms with Crippen LogP contribution in [0.1, 0.15) is 57.7 Å². The van der Waals surface area contributed by atoms with Crippen LogP contribution in [-0.4, -0.2) is 39.0 Å². The molecule has 0 spiro atoms. The van der Waals surface area contributed by atoms with Gasteiger partial charge in [-0.1, -0.05) is 13.8 Å². The zero-order chi connectivity index (χ0) is 16.7. The van der Waals surface area contributed by atoms with Crippen molar-refractivity contribution in [1.29, 1.82) is 0 Å². The Hall–Kier alpha value is -1.85. The normalized spacial score (nSPS) is 26.6. The van der Waals surface area contributed by atoms with E-state index in [4.69, 9.17) is 0 Å². The van der Waals surface area contributed by atoms with Crippen LogP contribution in [0.3, 0.4) is 0 Å². The molecule has 3 rings (SSSR count). The number of carbonyl (C=O) groups excluding carboxylic acids is 2. The lowest BCUT2D eigenvalue weighted by Crippen LogP contribution is -2.41. The second kappa shape index (κ2) is 5.65. The number of nitrogens with zero attached hydrogens (tertiary/aromatic N) is 2. The third-order valence-electron chi connectivity index (χ3n) is 5.03. The summed E-state index contributed by atoms with van der Waals surface area (Å²) in [6.07, 6.45) is 5.29. The molecule has 3 heterocycles. The van der Waals surface area contributed by atoms with Crippen molar-refractivity contribution in [1.82, 2.24) is 20.4 Å². The molecule has 6 heteroatoms. The highest BCUT2D eigenvalue weighted by Crippen LogP contribution is 2.30. The van der Waals surface area contributed by atoms with Crippen molar-refractivity contribution >= 4 is 11.8 Å². The molecule has 0 saturated carbocycles. The van der Waals surface area contributed by atoms with Gasteiger partial charge in [-0.25, -0.2) is 0 Å². The van der Waals surface area contributed by atoms with Gasteiger partial charge in [-0.05, 0) is 31.6 Å². The highest BCUT2D eigenvalue weighted by molar-refractivity contribution is 5.80. The lowest BCUT2D eigenvalue weighted by molar-refractivity contribution is -0.133. The van der Waals surface area contributed by atoms with Crippen LogP contribution in [0.2, 0.25) is 0 Å². The van der Waals surface area contributed by atoms with E-state index >= 15 is 0 Å². The summed E-state index contributed by atoms with van der Waals surface area (Å²) < 4.78 is 0. The van der Waals surface area contributed by atoms with Crippen molar-refractivity contribution in [2.45, 2.75) is 65.0 Å². The molecule has 0 radical (unpaired) electrons. The van der Waals surface area contributed by atoms with E-state index in [0.29, 0.717) is 25.8 Å². The van der Waals surface area contributed by atoms with E-state index in [0.717, 1.165) is 30.6 Å². The summed E-state index contributed by atoms with van der Waals surface area (Å²) in [5.74, 6) is 0.258. The number of rotatable bonds is 3. The van der Waals surface area contributed by atoms with Gasteiger partial charge in [-0.15, -0.1) is 0 Å². The van der Waals surface area contributed by atoms with Gasteiger partial charge < -0.3 is 10.2 Å². The van der Waals surface area contributed by atoms with E-state index < -0.39 is 0 Å². The van der Waals surface area contributed by atoms with Gasteiger partial charge in [-0.2, -0.15) is 5.10 Å². The average molecular weight is 318 g/mol. The van der Waals surface area contributed by atoms with E-state index in [2.05, 4.69) is 29.4 Å². The number of aromatic nitrogens is 2. The third kappa shape index (κ3) is 3.57. The second-order valence-electron chi connectivity index (χ2n) is 8.07. The minimum absolute atomic E-state index is 0.0267. The predicted molar refractivity (Wildman–Crippen MR) is 86.5 cm³/mol. The van der Waals surface area contributed by atoms with Crippen molar-refractivity contribution in [3.05, 3.63) is 17.5 Å². The maximum atomic E-state index is 12.7. The molecule has 126 valence electrons. The number of carbonyl (C=O) groups is 2. The highest BCUT2D eigenvalue weighted by Gasteiger charge is 2.35. The molecule has 1 saturated heterocycles. The number of amides is 2. The molecule has 2 amide bonds. The van der Waals surface area contributed by atoms with Crippen LogP contribution >= 0.6 is 0 Å². The summed E-state index contributed by atoms with van der Waals surface area (Å²) in [4.78, 5) is 26.1. The van der Waals surface area contributed by atoms with Gasteiger partial charge in [0.15, 0.2) is 0 Å². The van der Waals surface area contributed by atoms with Crippen molar-refractivity contribution in [2.24, 2.45) is 5.41 Å². The summed E-state index contributed by atoms with van der Waals surface area (Å²) in [6.45, 7) is 7.77. The molecule has 2 N–H and O–H groups in total. The Morgan fingerprint density at radius 2 is 2.17 bits per heavy atom. The first-order chi connectivity index (χ1) is 10.8. The molecule has 0 aliphatic carbocycles. The van der Waals surface area contributed by atoms with Crippen molar-refractivity contribution < 1.29 is 9.59 Å². The monoisotopic (exact) mass is 318 g/mol. The summed E-state index contributed by atoms with van der Waals surface area (Å²) in [7, 11) is 0. The molecule has 23 heavy (non-hydrogen) atoms. The predicted octanol–water partition coefficient (Wildman–Crippen LogP) is 1.77. The van der Waals surface area contributed by atoms with Crippen molar-refractivity contribution in [2.75, 3.05) is 6.54 Å². The van der Waals surface area contributed by atoms with Gasteiger partial charge in [0.2, 0.25) is 11.8 Å². The number of hydrogen-bond acceptors (Lipinski definition) is 3. The van der Waals surface area contributed by atoms with Gasteiger partial charge in [-0.3, -0.25) is 14.7 Å². The molecule has 2 aliphatic heterocycles. The number of fused-ring (bicyclic) bond motifs is 1. The molecule has 2 aliphatic rings. The van der Waals surface area contributed by atoms with Crippen LogP contribution in [0.25, 0.3) is 0 Å². The number of H-pyrrole nitrogens is 1. The van der Waals surface area contributed by atoms with Gasteiger partial charge in [0, 0.05) is 42.7 Å².